The van der Waals surface area contributed by atoms with Crippen LogP contribution in [0.4, 0.5) is 5.69 Å². The molecular formula is C15H26NO4P. The minimum Gasteiger partial charge on any atom is -0.496 e. The van der Waals surface area contributed by atoms with Crippen LogP contribution in [0, 0.1) is 12.3 Å². The number of aryl methyl sites for hydroxylation is 1. The molecule has 0 fully saturated rings. The van der Waals surface area contributed by atoms with Crippen molar-refractivity contribution in [1.82, 2.24) is 0 Å². The van der Waals surface area contributed by atoms with E-state index in [-0.39, 0.29) is 5.41 Å². The fraction of sp³-hybridized carbons (Fsp3) is 0.600. The summed E-state index contributed by atoms with van der Waals surface area (Å²) in [5.41, 5.74) is 1.54. The lowest BCUT2D eigenvalue weighted by Crippen LogP contribution is -2.34. The molecule has 21 heavy (non-hydrogen) atoms. The maximum Gasteiger partial charge on any atom is 0.352 e. The number of ether oxygens (including phenoxy) is 1. The van der Waals surface area contributed by atoms with Crippen molar-refractivity contribution in [2.45, 2.75) is 33.5 Å². The highest BCUT2D eigenvalue weighted by Crippen LogP contribution is 2.57. The van der Waals surface area contributed by atoms with E-state index in [0.29, 0.717) is 0 Å². The van der Waals surface area contributed by atoms with Gasteiger partial charge in [-0.3, -0.25) is 4.57 Å². The van der Waals surface area contributed by atoms with Gasteiger partial charge in [0.2, 0.25) is 0 Å². The highest BCUT2D eigenvalue weighted by molar-refractivity contribution is 7.54. The van der Waals surface area contributed by atoms with Crippen molar-refractivity contribution >= 4 is 13.3 Å². The summed E-state index contributed by atoms with van der Waals surface area (Å²) in [4.78, 5) is 0. The summed E-state index contributed by atoms with van der Waals surface area (Å²) in [6, 6.07) is 5.72. The fourth-order valence-electron chi connectivity index (χ4n) is 2.18. The van der Waals surface area contributed by atoms with Gasteiger partial charge in [-0.25, -0.2) is 0 Å². The van der Waals surface area contributed by atoms with Crippen molar-refractivity contribution in [1.29, 1.82) is 0 Å². The van der Waals surface area contributed by atoms with Crippen LogP contribution in [-0.2, 0) is 13.6 Å². The topological polar surface area (TPSA) is 56.8 Å². The molecule has 1 aromatic rings. The summed E-state index contributed by atoms with van der Waals surface area (Å²) in [5, 5.41) is 3.28. The highest BCUT2D eigenvalue weighted by Gasteiger charge is 2.42. The Morgan fingerprint density at radius 3 is 2.10 bits per heavy atom. The molecule has 1 aromatic carbocycles. The molecule has 5 nitrogen and oxygen atoms in total. The third-order valence-corrected chi connectivity index (χ3v) is 5.90. The van der Waals surface area contributed by atoms with E-state index in [1.54, 1.807) is 7.11 Å². The number of rotatable bonds is 6. The predicted molar refractivity (Wildman–Crippen MR) is 86.2 cm³/mol. The van der Waals surface area contributed by atoms with E-state index in [2.05, 4.69) is 5.32 Å². The Morgan fingerprint density at radius 2 is 1.71 bits per heavy atom. The molecule has 0 heterocycles. The molecule has 1 rings (SSSR count). The number of nitrogens with one attached hydrogen (secondary N) is 1. The Morgan fingerprint density at radius 1 is 1.14 bits per heavy atom. The molecule has 6 heteroatoms. The third-order valence-electron chi connectivity index (χ3n) is 3.34. The summed E-state index contributed by atoms with van der Waals surface area (Å²) >= 11 is 0. The van der Waals surface area contributed by atoms with Crippen molar-refractivity contribution in [2.75, 3.05) is 26.6 Å². The van der Waals surface area contributed by atoms with Crippen molar-refractivity contribution in [3.8, 4) is 5.75 Å². The molecule has 0 bridgehead atoms. The van der Waals surface area contributed by atoms with Gasteiger partial charge in [0, 0.05) is 19.9 Å². The second-order valence-corrected chi connectivity index (χ2v) is 8.33. The first-order chi connectivity index (χ1) is 9.67. The van der Waals surface area contributed by atoms with Gasteiger partial charge in [-0.2, -0.15) is 0 Å². The van der Waals surface area contributed by atoms with Gasteiger partial charge >= 0.3 is 7.60 Å². The first-order valence-electron chi connectivity index (χ1n) is 6.80. The van der Waals surface area contributed by atoms with E-state index in [9.17, 15) is 4.57 Å². The lowest BCUT2D eigenvalue weighted by atomic mass is 9.96. The summed E-state index contributed by atoms with van der Waals surface area (Å²) in [7, 11) is 1.20. The van der Waals surface area contributed by atoms with E-state index in [4.69, 9.17) is 13.8 Å². The molecule has 0 aliphatic rings. The monoisotopic (exact) mass is 315 g/mol. The van der Waals surface area contributed by atoms with Crippen LogP contribution in [0.25, 0.3) is 0 Å². The van der Waals surface area contributed by atoms with Crippen LogP contribution in [0.3, 0.4) is 0 Å². The van der Waals surface area contributed by atoms with Gasteiger partial charge in [-0.05, 0) is 36.1 Å². The van der Waals surface area contributed by atoms with Gasteiger partial charge in [-0.1, -0.05) is 20.8 Å². The second-order valence-electron chi connectivity index (χ2n) is 6.00. The molecule has 0 amide bonds. The van der Waals surface area contributed by atoms with Gasteiger partial charge in [0.15, 0.2) is 0 Å². The number of hydrogen-bond donors (Lipinski definition) is 1. The third kappa shape index (κ3) is 4.22. The van der Waals surface area contributed by atoms with E-state index >= 15 is 0 Å². The van der Waals surface area contributed by atoms with Crippen molar-refractivity contribution < 1.29 is 18.3 Å². The lowest BCUT2D eigenvalue weighted by molar-refractivity contribution is 0.242. The zero-order valence-corrected chi connectivity index (χ0v) is 14.8. The van der Waals surface area contributed by atoms with Crippen LogP contribution in [0.1, 0.15) is 26.3 Å². The largest absolute Gasteiger partial charge is 0.496 e. The standard InChI is InChI=1S/C15H26NO4P/c1-11-10-12(8-9-13(11)18-5)16-14(15(2,3)4)21(17,19-6)20-7/h8-10,14,16H,1-7H3. The Hall–Kier alpha value is -1.03. The van der Waals surface area contributed by atoms with E-state index < -0.39 is 13.4 Å². The molecule has 1 atom stereocenters. The summed E-state index contributed by atoms with van der Waals surface area (Å²) in [6.45, 7) is 7.94. The molecule has 120 valence electrons. The summed E-state index contributed by atoms with van der Waals surface area (Å²) in [5.74, 6) is 0.349. The Balaban J connectivity index is 3.14. The van der Waals surface area contributed by atoms with Crippen LogP contribution in [0.2, 0.25) is 0 Å². The Bertz CT molecular complexity index is 517. The van der Waals surface area contributed by atoms with E-state index in [0.717, 1.165) is 17.0 Å². The number of anilines is 1. The van der Waals surface area contributed by atoms with Crippen molar-refractivity contribution in [2.24, 2.45) is 5.41 Å². The molecule has 0 radical (unpaired) electrons. The van der Waals surface area contributed by atoms with Crippen LogP contribution in [0.15, 0.2) is 18.2 Å². The zero-order chi connectivity index (χ0) is 16.3. The molecule has 1 N–H and O–H groups in total. The molecule has 0 aliphatic carbocycles. The van der Waals surface area contributed by atoms with Gasteiger partial charge in [0.05, 0.1) is 7.11 Å². The average molecular weight is 315 g/mol. The molecule has 0 spiro atoms. The Labute approximate surface area is 127 Å². The summed E-state index contributed by atoms with van der Waals surface area (Å²) < 4.78 is 28.4. The van der Waals surface area contributed by atoms with Crippen LogP contribution in [-0.4, -0.2) is 27.1 Å². The Kier molecular flexibility index (Phi) is 5.85. The second kappa shape index (κ2) is 6.82. The molecular weight excluding hydrogens is 289 g/mol. The fourth-order valence-corrected chi connectivity index (χ4v) is 4.01. The smallest absolute Gasteiger partial charge is 0.352 e. The average Bonchev–Trinajstić information content (AvgIpc) is 2.43. The first kappa shape index (κ1) is 18.0. The van der Waals surface area contributed by atoms with Crippen molar-refractivity contribution in [3.05, 3.63) is 23.8 Å². The molecule has 1 unspecified atom stereocenters. The molecule has 0 saturated heterocycles. The highest BCUT2D eigenvalue weighted by atomic mass is 31.2. The lowest BCUT2D eigenvalue weighted by Gasteiger charge is -2.35. The molecule has 0 saturated carbocycles. The van der Waals surface area contributed by atoms with Gasteiger partial charge in [0.25, 0.3) is 0 Å². The zero-order valence-electron chi connectivity index (χ0n) is 13.9. The minimum atomic E-state index is -3.25. The van der Waals surface area contributed by atoms with Gasteiger partial charge in [-0.15, -0.1) is 0 Å². The number of hydrogen-bond acceptors (Lipinski definition) is 5. The van der Waals surface area contributed by atoms with Gasteiger partial charge in [0.1, 0.15) is 11.5 Å². The first-order valence-corrected chi connectivity index (χ1v) is 8.41. The normalized spacial score (nSPS) is 13.9. The van der Waals surface area contributed by atoms with Crippen molar-refractivity contribution in [3.63, 3.8) is 0 Å². The maximum atomic E-state index is 12.8. The van der Waals surface area contributed by atoms with Crippen LogP contribution in [0.5, 0.6) is 5.75 Å². The maximum absolute atomic E-state index is 12.8. The minimum absolute atomic E-state index is 0.310. The quantitative estimate of drug-likeness (QED) is 0.794. The van der Waals surface area contributed by atoms with E-state index in [1.807, 2.05) is 45.9 Å². The van der Waals surface area contributed by atoms with E-state index in [1.165, 1.54) is 14.2 Å². The van der Waals surface area contributed by atoms with Crippen LogP contribution < -0.4 is 10.1 Å². The predicted octanol–water partition coefficient (Wildman–Crippen LogP) is 4.27. The number of benzene rings is 1. The molecule has 0 aliphatic heterocycles. The number of methoxy groups -OCH3 is 1. The summed E-state index contributed by atoms with van der Waals surface area (Å²) in [6.07, 6.45) is 0. The van der Waals surface area contributed by atoms with Gasteiger partial charge < -0.3 is 19.1 Å². The van der Waals surface area contributed by atoms with Crippen LogP contribution >= 0.6 is 7.60 Å². The SMILES string of the molecule is COc1ccc(NC(C(C)(C)C)P(=O)(OC)OC)cc1C. The molecule has 0 aromatic heterocycles.